The molecule has 0 bridgehead atoms. The number of allylic oxidation sites excluding steroid dienone is 8. The third kappa shape index (κ3) is 40.5. The standard InChI is InChI=1S/C46H84NO9P/c1-6-8-10-12-14-16-18-20-21-22-23-25-27-29-31-33-39-53-41-43(42-55-57(51,52)54-40-38-47(3,4)5)56-46(50)37-34-36-45(49)44(48)35-32-30-28-26-24-19-17-15-13-11-9-7-2/h9,11,15,17,24,26,30,32-33,39,43-45,48-49H,6-8,10,12-14,16,18-23,25,27-29,31,34-38,40-42H2,1-5H3/p+1/b11-9-,17-15-,26-24-,32-30-,39-33+/t43-,44-,45-/m1/s1. The number of aliphatic hydroxyl groups excluding tert-OH is 2. The third-order valence-electron chi connectivity index (χ3n) is 9.36. The maximum atomic E-state index is 12.7. The Hall–Kier alpha value is -2.04. The number of carbonyl (C=O) groups excluding carboxylic acids is 1. The highest BCUT2D eigenvalue weighted by molar-refractivity contribution is 7.47. The van der Waals surface area contributed by atoms with E-state index >= 15 is 0 Å². The van der Waals surface area contributed by atoms with E-state index < -0.39 is 32.1 Å². The number of hydrogen-bond acceptors (Lipinski definition) is 8. The molecule has 332 valence electrons. The van der Waals surface area contributed by atoms with Gasteiger partial charge in [-0.3, -0.25) is 13.8 Å². The van der Waals surface area contributed by atoms with E-state index in [9.17, 15) is 24.5 Å². The van der Waals surface area contributed by atoms with Crippen molar-refractivity contribution in [2.75, 3.05) is 47.5 Å². The molecule has 0 aromatic carbocycles. The molecule has 57 heavy (non-hydrogen) atoms. The highest BCUT2D eigenvalue weighted by Crippen LogP contribution is 2.43. The number of nitrogens with zero attached hydrogens (tertiary/aromatic N) is 1. The molecule has 0 aromatic heterocycles. The Morgan fingerprint density at radius 2 is 1.18 bits per heavy atom. The molecule has 4 atom stereocenters. The Bertz CT molecular complexity index is 1130. The lowest BCUT2D eigenvalue weighted by Crippen LogP contribution is -2.37. The maximum Gasteiger partial charge on any atom is 0.472 e. The molecular formula is C46H85NO9P+. The lowest BCUT2D eigenvalue weighted by Gasteiger charge is -2.24. The lowest BCUT2D eigenvalue weighted by molar-refractivity contribution is -0.870. The summed E-state index contributed by atoms with van der Waals surface area (Å²) in [6.07, 6.45) is 40.9. The van der Waals surface area contributed by atoms with Crippen LogP contribution in [-0.4, -0.2) is 91.4 Å². The van der Waals surface area contributed by atoms with E-state index in [0.717, 1.165) is 38.5 Å². The molecule has 0 radical (unpaired) electrons. The molecule has 1 unspecified atom stereocenters. The van der Waals surface area contributed by atoms with Crippen LogP contribution in [-0.2, 0) is 27.9 Å². The summed E-state index contributed by atoms with van der Waals surface area (Å²) in [6.45, 7) is 4.47. The van der Waals surface area contributed by atoms with Gasteiger partial charge in [0.2, 0.25) is 0 Å². The van der Waals surface area contributed by atoms with E-state index in [0.29, 0.717) is 23.9 Å². The first-order valence-corrected chi connectivity index (χ1v) is 23.7. The SMILES string of the molecule is CC/C=C\C/C=C\C/C=C\C/C=C\C[C@@H](O)[C@H](O)CCCC(=O)O[C@H](CO/C=C/CCCCCCCCCCCCCCCC)COP(=O)(O)OCC[N+](C)(C)C. The molecule has 0 aliphatic heterocycles. The molecule has 11 heteroatoms. The van der Waals surface area contributed by atoms with Crippen LogP contribution in [0.2, 0.25) is 0 Å². The highest BCUT2D eigenvalue weighted by Gasteiger charge is 2.26. The number of carbonyl (C=O) groups is 1. The van der Waals surface area contributed by atoms with Crippen LogP contribution in [0.25, 0.3) is 0 Å². The zero-order valence-corrected chi connectivity index (χ0v) is 37.7. The minimum Gasteiger partial charge on any atom is -0.498 e. The maximum absolute atomic E-state index is 12.7. The molecule has 0 saturated heterocycles. The predicted molar refractivity (Wildman–Crippen MR) is 236 cm³/mol. The molecule has 0 aliphatic carbocycles. The monoisotopic (exact) mass is 827 g/mol. The van der Waals surface area contributed by atoms with Crippen molar-refractivity contribution in [1.82, 2.24) is 0 Å². The zero-order chi connectivity index (χ0) is 42.3. The van der Waals surface area contributed by atoms with E-state index in [2.05, 4.69) is 50.3 Å². The summed E-state index contributed by atoms with van der Waals surface area (Å²) in [5.74, 6) is -0.557. The molecular weight excluding hydrogens is 741 g/mol. The molecule has 3 N–H and O–H groups in total. The Balaban J connectivity index is 4.54. The van der Waals surface area contributed by atoms with Gasteiger partial charge < -0.3 is 29.1 Å². The fourth-order valence-corrected chi connectivity index (χ4v) is 6.52. The zero-order valence-electron chi connectivity index (χ0n) is 36.8. The molecule has 0 fully saturated rings. The fraction of sp³-hybridized carbons (Fsp3) is 0.761. The first-order chi connectivity index (χ1) is 27.4. The average Bonchev–Trinajstić information content (AvgIpc) is 3.16. The molecule has 0 saturated carbocycles. The number of likely N-dealkylation sites (N-methyl/N-ethyl adjacent to an activating group) is 1. The van der Waals surface area contributed by atoms with Crippen molar-refractivity contribution in [1.29, 1.82) is 0 Å². The van der Waals surface area contributed by atoms with Crippen molar-refractivity contribution < 1.29 is 47.5 Å². The van der Waals surface area contributed by atoms with Gasteiger partial charge in [-0.1, -0.05) is 146 Å². The summed E-state index contributed by atoms with van der Waals surface area (Å²) in [7, 11) is 1.45. The van der Waals surface area contributed by atoms with E-state index in [1.54, 1.807) is 6.26 Å². The van der Waals surface area contributed by atoms with E-state index in [1.807, 2.05) is 39.4 Å². The van der Waals surface area contributed by atoms with Gasteiger partial charge in [0.05, 0.1) is 46.2 Å². The first-order valence-electron chi connectivity index (χ1n) is 22.2. The van der Waals surface area contributed by atoms with Gasteiger partial charge in [-0.25, -0.2) is 4.57 Å². The summed E-state index contributed by atoms with van der Waals surface area (Å²) < 4.78 is 34.5. The number of phosphoric ester groups is 1. The number of aliphatic hydroxyl groups is 2. The molecule has 0 heterocycles. The highest BCUT2D eigenvalue weighted by atomic mass is 31.2. The Morgan fingerprint density at radius 3 is 1.72 bits per heavy atom. The van der Waals surface area contributed by atoms with Crippen LogP contribution in [0.4, 0.5) is 0 Å². The molecule has 10 nitrogen and oxygen atoms in total. The second-order valence-corrected chi connectivity index (χ2v) is 17.5. The summed E-state index contributed by atoms with van der Waals surface area (Å²) >= 11 is 0. The first kappa shape index (κ1) is 55.0. The van der Waals surface area contributed by atoms with Gasteiger partial charge in [0.1, 0.15) is 19.8 Å². The summed E-state index contributed by atoms with van der Waals surface area (Å²) in [5.41, 5.74) is 0. The van der Waals surface area contributed by atoms with Crippen LogP contribution in [0.5, 0.6) is 0 Å². The minimum absolute atomic E-state index is 0.00397. The van der Waals surface area contributed by atoms with Crippen molar-refractivity contribution in [3.63, 3.8) is 0 Å². The number of ether oxygens (including phenoxy) is 2. The van der Waals surface area contributed by atoms with E-state index in [1.165, 1.54) is 83.5 Å². The van der Waals surface area contributed by atoms with Gasteiger partial charge in [-0.05, 0) is 63.9 Å². The molecule has 0 amide bonds. The number of rotatable bonds is 40. The van der Waals surface area contributed by atoms with Crippen LogP contribution in [0.3, 0.4) is 0 Å². The molecule has 0 spiro atoms. The van der Waals surface area contributed by atoms with Crippen molar-refractivity contribution in [2.45, 2.75) is 180 Å². The molecule has 0 aliphatic rings. The Morgan fingerprint density at radius 1 is 0.649 bits per heavy atom. The van der Waals surface area contributed by atoms with E-state index in [-0.39, 0.29) is 32.7 Å². The van der Waals surface area contributed by atoms with Crippen LogP contribution >= 0.6 is 7.82 Å². The van der Waals surface area contributed by atoms with Crippen LogP contribution < -0.4 is 0 Å². The van der Waals surface area contributed by atoms with Gasteiger partial charge in [-0.15, -0.1) is 0 Å². The lowest BCUT2D eigenvalue weighted by atomic mass is 10.0. The number of quaternary nitrogens is 1. The molecule has 0 aromatic rings. The Labute approximate surface area is 348 Å². The second kappa shape index (κ2) is 38.2. The number of phosphoric acid groups is 1. The van der Waals surface area contributed by atoms with Crippen LogP contribution in [0.1, 0.15) is 162 Å². The number of esters is 1. The minimum atomic E-state index is -4.37. The van der Waals surface area contributed by atoms with Crippen molar-refractivity contribution in [2.24, 2.45) is 0 Å². The summed E-state index contributed by atoms with van der Waals surface area (Å²) in [4.78, 5) is 22.9. The average molecular weight is 827 g/mol. The van der Waals surface area contributed by atoms with Crippen molar-refractivity contribution >= 4 is 13.8 Å². The van der Waals surface area contributed by atoms with Crippen LogP contribution in [0.15, 0.2) is 60.9 Å². The Kier molecular flexibility index (Phi) is 36.8. The van der Waals surface area contributed by atoms with Gasteiger partial charge >= 0.3 is 13.8 Å². The van der Waals surface area contributed by atoms with Gasteiger partial charge in [0.15, 0.2) is 6.10 Å². The second-order valence-electron chi connectivity index (χ2n) is 16.1. The van der Waals surface area contributed by atoms with Gasteiger partial charge in [0, 0.05) is 6.42 Å². The van der Waals surface area contributed by atoms with Crippen LogP contribution in [0, 0.1) is 0 Å². The van der Waals surface area contributed by atoms with E-state index in [4.69, 9.17) is 18.5 Å². The van der Waals surface area contributed by atoms with Crippen molar-refractivity contribution in [3.05, 3.63) is 60.9 Å². The smallest absolute Gasteiger partial charge is 0.472 e. The predicted octanol–water partition coefficient (Wildman–Crippen LogP) is 11.2. The summed E-state index contributed by atoms with van der Waals surface area (Å²) in [6, 6.07) is 0. The molecule has 0 rings (SSSR count). The van der Waals surface area contributed by atoms with Crippen molar-refractivity contribution in [3.8, 4) is 0 Å². The topological polar surface area (TPSA) is 132 Å². The van der Waals surface area contributed by atoms with Gasteiger partial charge in [0.25, 0.3) is 0 Å². The largest absolute Gasteiger partial charge is 0.498 e. The normalized spacial score (nSPS) is 15.4. The number of unbranched alkanes of at least 4 members (excludes halogenated alkanes) is 14. The fourth-order valence-electron chi connectivity index (χ4n) is 5.78. The quantitative estimate of drug-likeness (QED) is 0.0138. The number of hydrogen-bond donors (Lipinski definition) is 3. The summed E-state index contributed by atoms with van der Waals surface area (Å²) in [5, 5.41) is 20.8. The van der Waals surface area contributed by atoms with Gasteiger partial charge in [-0.2, -0.15) is 0 Å². The third-order valence-corrected chi connectivity index (χ3v) is 10.3.